The highest BCUT2D eigenvalue weighted by molar-refractivity contribution is 6.53. The van der Waals surface area contributed by atoms with Crippen LogP contribution in [0.5, 0.6) is 0 Å². The molecule has 3 aromatic carbocycles. The number of amides is 3. The van der Waals surface area contributed by atoms with Crippen LogP contribution in [0.2, 0.25) is 0 Å². The normalized spacial score (nSPS) is 13.5. The molecule has 4 rings (SSSR count). The number of carbonyl (C=O) groups excluding carboxylic acids is 3. The van der Waals surface area contributed by atoms with Gasteiger partial charge in [0.1, 0.15) is 10.7 Å². The zero-order chi connectivity index (χ0) is 23.5. The van der Waals surface area contributed by atoms with Gasteiger partial charge in [0, 0.05) is 16.9 Å². The van der Waals surface area contributed by atoms with Gasteiger partial charge in [-0.05, 0) is 66.9 Å². The van der Waals surface area contributed by atoms with Crippen LogP contribution in [-0.4, -0.2) is 17.7 Å². The van der Waals surface area contributed by atoms with Crippen molar-refractivity contribution in [2.75, 3.05) is 15.5 Å². The fraction of sp³-hybridized carbons (Fsp3) is 0.115. The number of anilines is 3. The third-order valence-corrected chi connectivity index (χ3v) is 5.68. The van der Waals surface area contributed by atoms with Crippen LogP contribution in [0, 0.1) is 6.92 Å². The van der Waals surface area contributed by atoms with Gasteiger partial charge in [-0.25, -0.2) is 4.90 Å². The number of halogens is 1. The molecular formula is C26H22ClN3O3. The van der Waals surface area contributed by atoms with Crippen molar-refractivity contribution >= 4 is 46.4 Å². The van der Waals surface area contributed by atoms with Crippen molar-refractivity contribution in [3.05, 3.63) is 100 Å². The first kappa shape index (κ1) is 22.3. The molecule has 1 aliphatic rings. The van der Waals surface area contributed by atoms with Crippen molar-refractivity contribution in [1.82, 2.24) is 0 Å². The Bertz CT molecular complexity index is 1280. The van der Waals surface area contributed by atoms with Gasteiger partial charge in [-0.1, -0.05) is 48.9 Å². The molecule has 3 aromatic rings. The third-order valence-electron chi connectivity index (χ3n) is 5.33. The van der Waals surface area contributed by atoms with E-state index in [-0.39, 0.29) is 16.6 Å². The highest BCUT2D eigenvalue weighted by atomic mass is 35.5. The molecule has 0 fully saturated rings. The maximum absolute atomic E-state index is 13.0. The van der Waals surface area contributed by atoms with E-state index in [1.807, 2.05) is 50.2 Å². The summed E-state index contributed by atoms with van der Waals surface area (Å²) in [5, 5.41) is 5.61. The van der Waals surface area contributed by atoms with Crippen LogP contribution in [0.1, 0.15) is 28.4 Å². The van der Waals surface area contributed by atoms with Crippen molar-refractivity contribution in [3.8, 4) is 0 Å². The van der Waals surface area contributed by atoms with Gasteiger partial charge in [-0.2, -0.15) is 0 Å². The lowest BCUT2D eigenvalue weighted by Crippen LogP contribution is -2.33. The smallest absolute Gasteiger partial charge is 0.283 e. The van der Waals surface area contributed by atoms with Crippen molar-refractivity contribution in [2.24, 2.45) is 0 Å². The van der Waals surface area contributed by atoms with E-state index in [2.05, 4.69) is 10.6 Å². The number of rotatable bonds is 6. The lowest BCUT2D eigenvalue weighted by molar-refractivity contribution is -0.120. The van der Waals surface area contributed by atoms with Gasteiger partial charge in [-0.15, -0.1) is 0 Å². The molecule has 0 saturated heterocycles. The molecule has 0 unspecified atom stereocenters. The standard InChI is InChI=1S/C26H22ClN3O3/c1-3-17-8-4-5-10-21(17)30-25(32)22(27)23(26(30)33)28-19-13-11-18(12-14-19)24(31)29-20-9-6-7-16(2)15-20/h4-15,28H,3H2,1-2H3,(H,29,31). The van der Waals surface area contributed by atoms with Gasteiger partial charge < -0.3 is 10.6 Å². The number of hydrogen-bond acceptors (Lipinski definition) is 4. The Morgan fingerprint density at radius 1 is 0.909 bits per heavy atom. The molecule has 3 amide bonds. The van der Waals surface area contributed by atoms with Gasteiger partial charge in [0.2, 0.25) is 0 Å². The fourth-order valence-corrected chi connectivity index (χ4v) is 3.85. The molecule has 0 atom stereocenters. The summed E-state index contributed by atoms with van der Waals surface area (Å²) in [6.07, 6.45) is 0.666. The number of carbonyl (C=O) groups is 3. The van der Waals surface area contributed by atoms with E-state index in [9.17, 15) is 14.4 Å². The monoisotopic (exact) mass is 459 g/mol. The largest absolute Gasteiger partial charge is 0.350 e. The molecule has 0 spiro atoms. The molecule has 166 valence electrons. The maximum Gasteiger partial charge on any atom is 0.283 e. The minimum Gasteiger partial charge on any atom is -0.350 e. The average molecular weight is 460 g/mol. The Balaban J connectivity index is 1.50. The molecule has 0 aliphatic carbocycles. The Kier molecular flexibility index (Phi) is 6.29. The molecule has 0 aromatic heterocycles. The summed E-state index contributed by atoms with van der Waals surface area (Å²) in [6.45, 7) is 3.90. The molecule has 7 heteroatoms. The first-order valence-electron chi connectivity index (χ1n) is 10.5. The van der Waals surface area contributed by atoms with Crippen LogP contribution >= 0.6 is 11.6 Å². The Morgan fingerprint density at radius 3 is 2.33 bits per heavy atom. The summed E-state index contributed by atoms with van der Waals surface area (Å²) in [5.41, 5.74) is 4.13. The lowest BCUT2D eigenvalue weighted by Gasteiger charge is -2.18. The number of nitrogens with zero attached hydrogens (tertiary/aromatic N) is 1. The molecule has 0 radical (unpaired) electrons. The van der Waals surface area contributed by atoms with Crippen molar-refractivity contribution in [2.45, 2.75) is 20.3 Å². The summed E-state index contributed by atoms with van der Waals surface area (Å²) in [5.74, 6) is -1.34. The summed E-state index contributed by atoms with van der Waals surface area (Å²) < 4.78 is 0. The predicted molar refractivity (Wildman–Crippen MR) is 130 cm³/mol. The zero-order valence-corrected chi connectivity index (χ0v) is 18.9. The number of imide groups is 1. The van der Waals surface area contributed by atoms with E-state index in [1.165, 1.54) is 0 Å². The lowest BCUT2D eigenvalue weighted by atomic mass is 10.1. The van der Waals surface area contributed by atoms with E-state index in [4.69, 9.17) is 11.6 Å². The second kappa shape index (κ2) is 9.30. The summed E-state index contributed by atoms with van der Waals surface area (Å²) >= 11 is 6.24. The van der Waals surface area contributed by atoms with E-state index in [1.54, 1.807) is 36.4 Å². The molecule has 1 aliphatic heterocycles. The fourth-order valence-electron chi connectivity index (χ4n) is 3.63. The molecule has 0 bridgehead atoms. The van der Waals surface area contributed by atoms with Crippen LogP contribution in [0.25, 0.3) is 0 Å². The zero-order valence-electron chi connectivity index (χ0n) is 18.2. The van der Waals surface area contributed by atoms with Crippen molar-refractivity contribution in [1.29, 1.82) is 0 Å². The Labute approximate surface area is 196 Å². The topological polar surface area (TPSA) is 78.5 Å². The molecule has 0 saturated carbocycles. The summed E-state index contributed by atoms with van der Waals surface area (Å²) in [6, 6.07) is 21.3. The van der Waals surface area contributed by atoms with Crippen LogP contribution < -0.4 is 15.5 Å². The first-order valence-corrected chi connectivity index (χ1v) is 10.9. The van der Waals surface area contributed by atoms with E-state index >= 15 is 0 Å². The number of hydrogen-bond donors (Lipinski definition) is 2. The molecule has 6 nitrogen and oxygen atoms in total. The highest BCUT2D eigenvalue weighted by Gasteiger charge is 2.39. The quantitative estimate of drug-likeness (QED) is 0.494. The second-order valence-corrected chi connectivity index (χ2v) is 8.02. The van der Waals surface area contributed by atoms with Gasteiger partial charge in [0.15, 0.2) is 0 Å². The van der Waals surface area contributed by atoms with E-state index in [0.29, 0.717) is 29.0 Å². The molecule has 33 heavy (non-hydrogen) atoms. The van der Waals surface area contributed by atoms with E-state index < -0.39 is 11.8 Å². The predicted octanol–water partition coefficient (Wildman–Crippen LogP) is 5.25. The van der Waals surface area contributed by atoms with Gasteiger partial charge >= 0.3 is 0 Å². The molecule has 1 heterocycles. The average Bonchev–Trinajstić information content (AvgIpc) is 3.02. The van der Waals surface area contributed by atoms with Crippen LogP contribution in [0.4, 0.5) is 17.1 Å². The highest BCUT2D eigenvalue weighted by Crippen LogP contribution is 2.32. The van der Waals surface area contributed by atoms with Gasteiger partial charge in [0.05, 0.1) is 5.69 Å². The summed E-state index contributed by atoms with van der Waals surface area (Å²) in [7, 11) is 0. The van der Waals surface area contributed by atoms with Crippen LogP contribution in [0.15, 0.2) is 83.5 Å². The Hall–Kier alpha value is -3.90. The number of para-hydroxylation sites is 1. The number of benzene rings is 3. The van der Waals surface area contributed by atoms with Gasteiger partial charge in [0.25, 0.3) is 17.7 Å². The van der Waals surface area contributed by atoms with E-state index in [0.717, 1.165) is 16.0 Å². The third kappa shape index (κ3) is 4.52. The summed E-state index contributed by atoms with van der Waals surface area (Å²) in [4.78, 5) is 39.4. The molecular weight excluding hydrogens is 438 g/mol. The minimum atomic E-state index is -0.570. The SMILES string of the molecule is CCc1ccccc1N1C(=O)C(Cl)=C(Nc2ccc(C(=O)Nc3cccc(C)c3)cc2)C1=O. The van der Waals surface area contributed by atoms with Gasteiger partial charge in [-0.3, -0.25) is 14.4 Å². The first-order chi connectivity index (χ1) is 15.9. The van der Waals surface area contributed by atoms with Crippen molar-refractivity contribution < 1.29 is 14.4 Å². The number of aryl methyl sites for hydroxylation is 2. The number of nitrogens with one attached hydrogen (secondary N) is 2. The van der Waals surface area contributed by atoms with Crippen LogP contribution in [0.3, 0.4) is 0 Å². The van der Waals surface area contributed by atoms with Crippen molar-refractivity contribution in [3.63, 3.8) is 0 Å². The van der Waals surface area contributed by atoms with Crippen LogP contribution in [-0.2, 0) is 16.0 Å². The molecule has 2 N–H and O–H groups in total. The maximum atomic E-state index is 13.0. The Morgan fingerprint density at radius 2 is 1.64 bits per heavy atom. The minimum absolute atomic E-state index is 0.00420. The second-order valence-electron chi connectivity index (χ2n) is 7.64.